The van der Waals surface area contributed by atoms with Gasteiger partial charge in [0.1, 0.15) is 0 Å². The number of carbonyl (C=O) groups is 1. The molecule has 4 rings (SSSR count). The van der Waals surface area contributed by atoms with Crippen LogP contribution >= 0.6 is 0 Å². The molecule has 29 heavy (non-hydrogen) atoms. The van der Waals surface area contributed by atoms with Crippen LogP contribution in [0.15, 0.2) is 53.7 Å². The molecule has 1 amide bonds. The predicted molar refractivity (Wildman–Crippen MR) is 109 cm³/mol. The van der Waals surface area contributed by atoms with Gasteiger partial charge in [0.2, 0.25) is 15.9 Å². The molecular weight excluding hydrogens is 390 g/mol. The number of rotatable bonds is 4. The Balaban J connectivity index is 1.63. The number of ether oxygens (including phenoxy) is 1. The van der Waals surface area contributed by atoms with E-state index in [4.69, 9.17) is 4.74 Å². The molecule has 2 aliphatic rings. The van der Waals surface area contributed by atoms with Gasteiger partial charge in [-0.1, -0.05) is 12.1 Å². The van der Waals surface area contributed by atoms with Crippen molar-refractivity contribution in [2.24, 2.45) is 11.3 Å². The van der Waals surface area contributed by atoms with E-state index in [9.17, 15) is 13.2 Å². The van der Waals surface area contributed by atoms with Crippen LogP contribution in [0.2, 0.25) is 0 Å². The lowest BCUT2D eigenvalue weighted by molar-refractivity contribution is -0.124. The van der Waals surface area contributed by atoms with Crippen LogP contribution in [0.4, 0.5) is 5.69 Å². The number of aryl methyl sites for hydroxylation is 1. The Morgan fingerprint density at radius 3 is 2.72 bits per heavy atom. The maximum Gasteiger partial charge on any atom is 0.243 e. The Morgan fingerprint density at radius 2 is 2.03 bits per heavy atom. The zero-order valence-electron chi connectivity index (χ0n) is 16.4. The van der Waals surface area contributed by atoms with Crippen molar-refractivity contribution in [1.29, 1.82) is 0 Å². The number of aromatic nitrogens is 1. The lowest BCUT2D eigenvalue weighted by Gasteiger charge is -2.37. The minimum Gasteiger partial charge on any atom is -0.381 e. The molecule has 0 saturated carbocycles. The summed E-state index contributed by atoms with van der Waals surface area (Å²) in [6, 6.07) is 10.4. The quantitative estimate of drug-likeness (QED) is 0.829. The highest BCUT2D eigenvalue weighted by atomic mass is 32.2. The van der Waals surface area contributed by atoms with E-state index >= 15 is 0 Å². The molecule has 8 heteroatoms. The summed E-state index contributed by atoms with van der Waals surface area (Å²) >= 11 is 0. The Hall–Kier alpha value is -2.29. The number of hydrogen-bond donors (Lipinski definition) is 1. The molecule has 1 aromatic heterocycles. The van der Waals surface area contributed by atoms with Crippen LogP contribution in [-0.4, -0.2) is 49.9 Å². The Morgan fingerprint density at radius 1 is 1.24 bits per heavy atom. The van der Waals surface area contributed by atoms with Gasteiger partial charge in [-0.3, -0.25) is 9.78 Å². The Bertz CT molecular complexity index is 988. The lowest BCUT2D eigenvalue weighted by Crippen LogP contribution is -2.42. The number of hydrogen-bond acceptors (Lipinski definition) is 5. The summed E-state index contributed by atoms with van der Waals surface area (Å²) in [4.78, 5) is 17.5. The highest BCUT2D eigenvalue weighted by Gasteiger charge is 2.53. The number of sulfonamides is 1. The summed E-state index contributed by atoms with van der Waals surface area (Å²) in [5.41, 5.74) is 1.08. The average molecular weight is 416 g/mol. The standard InChI is InChI=1S/C21H25N3O4S/c1-16-4-2-6-18(12-16)29(26,27)24-14-19(21(15-24)7-10-28-11-8-21)20(25)23-17-5-3-9-22-13-17/h2-6,9,12-13,19H,7-8,10-11,14-15H2,1H3,(H,23,25). The molecule has 7 nitrogen and oxygen atoms in total. The number of amides is 1. The third-order valence-electron chi connectivity index (χ3n) is 5.98. The molecule has 1 unspecified atom stereocenters. The van der Waals surface area contributed by atoms with E-state index < -0.39 is 21.4 Å². The molecule has 154 valence electrons. The molecule has 0 bridgehead atoms. The zero-order chi connectivity index (χ0) is 20.5. The lowest BCUT2D eigenvalue weighted by atomic mass is 9.72. The zero-order valence-corrected chi connectivity index (χ0v) is 17.2. The number of nitrogens with one attached hydrogen (secondary N) is 1. The summed E-state index contributed by atoms with van der Waals surface area (Å²) in [7, 11) is -3.68. The van der Waals surface area contributed by atoms with Crippen molar-refractivity contribution in [1.82, 2.24) is 9.29 Å². The van der Waals surface area contributed by atoms with Crippen LogP contribution in [0, 0.1) is 18.3 Å². The van der Waals surface area contributed by atoms with Crippen molar-refractivity contribution < 1.29 is 17.9 Å². The highest BCUT2D eigenvalue weighted by molar-refractivity contribution is 7.89. The monoisotopic (exact) mass is 415 g/mol. The molecule has 1 spiro atoms. The van der Waals surface area contributed by atoms with Gasteiger partial charge in [-0.25, -0.2) is 8.42 Å². The van der Waals surface area contributed by atoms with Crippen molar-refractivity contribution in [3.63, 3.8) is 0 Å². The van der Waals surface area contributed by atoms with Crippen molar-refractivity contribution in [3.05, 3.63) is 54.4 Å². The minimum atomic E-state index is -3.68. The molecule has 3 heterocycles. The third kappa shape index (κ3) is 3.92. The van der Waals surface area contributed by atoms with E-state index in [1.165, 1.54) is 4.31 Å². The maximum absolute atomic E-state index is 13.3. The predicted octanol–water partition coefficient (Wildman–Crippen LogP) is 2.45. The van der Waals surface area contributed by atoms with Gasteiger partial charge in [-0.2, -0.15) is 4.31 Å². The van der Waals surface area contributed by atoms with Crippen LogP contribution in [-0.2, 0) is 19.6 Å². The molecule has 0 radical (unpaired) electrons. The minimum absolute atomic E-state index is 0.165. The number of benzene rings is 1. The van der Waals surface area contributed by atoms with Crippen LogP contribution in [0.1, 0.15) is 18.4 Å². The van der Waals surface area contributed by atoms with Gasteiger partial charge in [-0.05, 0) is 49.6 Å². The van der Waals surface area contributed by atoms with E-state index in [2.05, 4.69) is 10.3 Å². The maximum atomic E-state index is 13.3. The van der Waals surface area contributed by atoms with Gasteiger partial charge in [0.05, 0.1) is 22.7 Å². The fraction of sp³-hybridized carbons (Fsp3) is 0.429. The molecule has 1 N–H and O–H groups in total. The van der Waals surface area contributed by atoms with E-state index in [-0.39, 0.29) is 17.3 Å². The van der Waals surface area contributed by atoms with Crippen molar-refractivity contribution in [3.8, 4) is 0 Å². The number of nitrogens with zero attached hydrogens (tertiary/aromatic N) is 2. The summed E-state index contributed by atoms with van der Waals surface area (Å²) in [6.45, 7) is 3.44. The van der Waals surface area contributed by atoms with E-state index in [1.54, 1.807) is 42.7 Å². The summed E-state index contributed by atoms with van der Waals surface area (Å²) in [5.74, 6) is -0.604. The second-order valence-electron chi connectivity index (χ2n) is 7.87. The summed E-state index contributed by atoms with van der Waals surface area (Å²) in [5, 5.41) is 2.91. The van der Waals surface area contributed by atoms with Gasteiger partial charge in [-0.15, -0.1) is 0 Å². The smallest absolute Gasteiger partial charge is 0.243 e. The van der Waals surface area contributed by atoms with Gasteiger partial charge >= 0.3 is 0 Å². The van der Waals surface area contributed by atoms with Crippen LogP contribution < -0.4 is 5.32 Å². The van der Waals surface area contributed by atoms with E-state index in [0.29, 0.717) is 38.3 Å². The van der Waals surface area contributed by atoms with Gasteiger partial charge in [0.15, 0.2) is 0 Å². The number of carbonyl (C=O) groups excluding carboxylic acids is 1. The highest BCUT2D eigenvalue weighted by Crippen LogP contribution is 2.46. The van der Waals surface area contributed by atoms with Crippen LogP contribution in [0.3, 0.4) is 0 Å². The first-order valence-corrected chi connectivity index (χ1v) is 11.2. The molecule has 2 fully saturated rings. The van der Waals surface area contributed by atoms with E-state index in [1.807, 2.05) is 13.0 Å². The second-order valence-corrected chi connectivity index (χ2v) is 9.81. The molecule has 0 aliphatic carbocycles. The first kappa shape index (κ1) is 20.0. The molecule has 2 aromatic rings. The Labute approximate surface area is 171 Å². The average Bonchev–Trinajstić information content (AvgIpc) is 3.09. The molecular formula is C21H25N3O4S. The largest absolute Gasteiger partial charge is 0.381 e. The fourth-order valence-electron chi connectivity index (χ4n) is 4.34. The van der Waals surface area contributed by atoms with Gasteiger partial charge in [0.25, 0.3) is 0 Å². The summed E-state index contributed by atoms with van der Waals surface area (Å²) in [6.07, 6.45) is 4.56. The number of pyridine rings is 1. The van der Waals surface area contributed by atoms with Crippen molar-refractivity contribution >= 4 is 21.6 Å². The second kappa shape index (κ2) is 7.85. The Kier molecular flexibility index (Phi) is 5.42. The third-order valence-corrected chi connectivity index (χ3v) is 7.79. The number of anilines is 1. The van der Waals surface area contributed by atoms with Gasteiger partial charge in [0, 0.05) is 37.9 Å². The molecule has 1 atom stereocenters. The molecule has 1 aromatic carbocycles. The molecule has 2 saturated heterocycles. The van der Waals surface area contributed by atoms with Crippen LogP contribution in [0.5, 0.6) is 0 Å². The van der Waals surface area contributed by atoms with E-state index in [0.717, 1.165) is 5.56 Å². The van der Waals surface area contributed by atoms with Crippen molar-refractivity contribution in [2.75, 3.05) is 31.6 Å². The van der Waals surface area contributed by atoms with Crippen molar-refractivity contribution in [2.45, 2.75) is 24.7 Å². The van der Waals surface area contributed by atoms with Gasteiger partial charge < -0.3 is 10.1 Å². The fourth-order valence-corrected chi connectivity index (χ4v) is 6.00. The summed E-state index contributed by atoms with van der Waals surface area (Å²) < 4.78 is 33.6. The van der Waals surface area contributed by atoms with Crippen LogP contribution in [0.25, 0.3) is 0 Å². The first-order valence-electron chi connectivity index (χ1n) is 9.76. The topological polar surface area (TPSA) is 88.6 Å². The first-order chi connectivity index (χ1) is 13.9. The SMILES string of the molecule is Cc1cccc(S(=O)(=O)N2CC(C(=O)Nc3cccnc3)C3(CCOCC3)C2)c1. The molecule has 2 aliphatic heterocycles. The normalized spacial score (nSPS) is 21.9.